The van der Waals surface area contributed by atoms with Gasteiger partial charge in [-0.2, -0.15) is 15.0 Å². The van der Waals surface area contributed by atoms with E-state index < -0.39 is 6.43 Å². The number of alkyl halides is 2. The van der Waals surface area contributed by atoms with Crippen LogP contribution in [-0.2, 0) is 9.47 Å². The minimum atomic E-state index is -2.75. The van der Waals surface area contributed by atoms with E-state index in [0.29, 0.717) is 57.0 Å². The normalized spacial score (nSPS) is 20.6. The number of anilines is 3. The summed E-state index contributed by atoms with van der Waals surface area (Å²) in [4.78, 5) is 22.2. The molecule has 0 radical (unpaired) electrons. The number of hydrogen-bond donors (Lipinski definition) is 1. The van der Waals surface area contributed by atoms with E-state index in [0.717, 1.165) is 0 Å². The summed E-state index contributed by atoms with van der Waals surface area (Å²) >= 11 is 0. The van der Waals surface area contributed by atoms with Crippen molar-refractivity contribution in [3.05, 3.63) is 17.8 Å². The zero-order chi connectivity index (χ0) is 23.1. The molecular formula is C21H29F2N7O2. The van der Waals surface area contributed by atoms with Crippen LogP contribution in [0.2, 0.25) is 0 Å². The summed E-state index contributed by atoms with van der Waals surface area (Å²) in [6.45, 7) is 11.5. The highest BCUT2D eigenvalue weighted by Gasteiger charge is 2.36. The van der Waals surface area contributed by atoms with Gasteiger partial charge in [0, 0.05) is 24.8 Å². The van der Waals surface area contributed by atoms with Crippen molar-refractivity contribution in [1.29, 1.82) is 0 Å². The first-order chi connectivity index (χ1) is 15.1. The molecular weight excluding hydrogens is 420 g/mol. The Hall–Kier alpha value is -2.66. The van der Waals surface area contributed by atoms with E-state index in [1.54, 1.807) is 0 Å². The fraction of sp³-hybridized carbons (Fsp3) is 0.619. The van der Waals surface area contributed by atoms with Crippen molar-refractivity contribution >= 4 is 17.7 Å². The molecule has 9 nitrogen and oxygen atoms in total. The van der Waals surface area contributed by atoms with Crippen molar-refractivity contribution in [1.82, 2.24) is 19.9 Å². The molecule has 2 saturated heterocycles. The molecule has 32 heavy (non-hydrogen) atoms. The van der Waals surface area contributed by atoms with Gasteiger partial charge in [-0.1, -0.05) is 0 Å². The predicted molar refractivity (Wildman–Crippen MR) is 117 cm³/mol. The smallest absolute Gasteiger partial charge is 0.267 e. The van der Waals surface area contributed by atoms with Gasteiger partial charge in [-0.15, -0.1) is 0 Å². The van der Waals surface area contributed by atoms with Gasteiger partial charge in [-0.25, -0.2) is 13.8 Å². The van der Waals surface area contributed by atoms with Crippen molar-refractivity contribution in [3.8, 4) is 11.4 Å². The predicted octanol–water partition coefficient (Wildman–Crippen LogP) is 2.68. The van der Waals surface area contributed by atoms with Crippen LogP contribution in [0.5, 0.6) is 0 Å². The first-order valence-corrected chi connectivity index (χ1v) is 10.6. The Morgan fingerprint density at radius 1 is 0.938 bits per heavy atom. The van der Waals surface area contributed by atoms with Crippen molar-refractivity contribution in [3.63, 3.8) is 0 Å². The molecule has 2 fully saturated rings. The third-order valence-corrected chi connectivity index (χ3v) is 5.83. The topological polar surface area (TPSA) is 103 Å². The molecule has 0 spiro atoms. The Morgan fingerprint density at radius 3 is 1.94 bits per heavy atom. The maximum atomic E-state index is 13.4. The molecule has 0 saturated carbocycles. The van der Waals surface area contributed by atoms with Crippen LogP contribution in [0.3, 0.4) is 0 Å². The number of rotatable bonds is 4. The SMILES string of the molecule is CC1(C)COCCN1c1nc(-c2cnc(N)c(C(F)F)c2)nc(N2CCOCC2(C)C)n1. The number of pyridine rings is 1. The lowest BCUT2D eigenvalue weighted by atomic mass is 10.0. The molecule has 174 valence electrons. The Labute approximate surface area is 186 Å². The Bertz CT molecular complexity index is 940. The van der Waals surface area contributed by atoms with E-state index in [1.807, 2.05) is 27.7 Å². The number of halogens is 2. The van der Waals surface area contributed by atoms with Crippen LogP contribution in [-0.4, -0.2) is 70.5 Å². The molecule has 0 unspecified atom stereocenters. The van der Waals surface area contributed by atoms with E-state index in [9.17, 15) is 8.78 Å². The van der Waals surface area contributed by atoms with Crippen LogP contribution in [0.4, 0.5) is 26.5 Å². The third-order valence-electron chi connectivity index (χ3n) is 5.83. The average molecular weight is 450 g/mol. The number of aromatic nitrogens is 4. The largest absolute Gasteiger partial charge is 0.383 e. The van der Waals surface area contributed by atoms with Gasteiger partial charge in [0.05, 0.1) is 43.1 Å². The molecule has 0 aliphatic carbocycles. The standard InChI is InChI=1S/C21H29F2N7O2/c1-20(2)11-31-7-5-29(20)18-26-17(13-9-14(15(22)23)16(24)25-10-13)27-19(28-18)30-6-8-32-12-21(30,3)4/h9-10,15H,5-8,11-12H2,1-4H3,(H2,24,25). The quantitative estimate of drug-likeness (QED) is 0.755. The van der Waals surface area contributed by atoms with Gasteiger partial charge < -0.3 is 25.0 Å². The fourth-order valence-corrected chi connectivity index (χ4v) is 3.97. The van der Waals surface area contributed by atoms with Gasteiger partial charge in [0.25, 0.3) is 6.43 Å². The zero-order valence-corrected chi connectivity index (χ0v) is 18.8. The number of hydrogen-bond acceptors (Lipinski definition) is 9. The van der Waals surface area contributed by atoms with Crippen molar-refractivity contribution in [2.75, 3.05) is 55.1 Å². The van der Waals surface area contributed by atoms with Crippen LogP contribution in [0, 0.1) is 0 Å². The Kier molecular flexibility index (Phi) is 5.89. The highest BCUT2D eigenvalue weighted by atomic mass is 19.3. The van der Waals surface area contributed by atoms with E-state index in [1.165, 1.54) is 12.3 Å². The molecule has 2 aliphatic rings. The average Bonchev–Trinajstić information content (AvgIpc) is 2.73. The van der Waals surface area contributed by atoms with E-state index in [2.05, 4.69) is 24.8 Å². The van der Waals surface area contributed by atoms with Crippen LogP contribution in [0.25, 0.3) is 11.4 Å². The summed E-state index contributed by atoms with van der Waals surface area (Å²) in [7, 11) is 0. The first-order valence-electron chi connectivity index (χ1n) is 10.6. The number of morpholine rings is 2. The lowest BCUT2D eigenvalue weighted by Crippen LogP contribution is -2.55. The maximum absolute atomic E-state index is 13.4. The lowest BCUT2D eigenvalue weighted by molar-refractivity contribution is 0.0619. The third kappa shape index (κ3) is 4.31. The van der Waals surface area contributed by atoms with E-state index in [4.69, 9.17) is 20.2 Å². The molecule has 0 aromatic carbocycles. The molecule has 4 heterocycles. The number of ether oxygens (including phenoxy) is 2. The first kappa shape index (κ1) is 22.5. The summed E-state index contributed by atoms with van der Waals surface area (Å²) in [6.07, 6.45) is -1.33. The summed E-state index contributed by atoms with van der Waals surface area (Å²) in [6, 6.07) is 1.30. The van der Waals surface area contributed by atoms with Crippen molar-refractivity contribution < 1.29 is 18.3 Å². The van der Waals surface area contributed by atoms with Crippen LogP contribution < -0.4 is 15.5 Å². The molecule has 0 atom stereocenters. The molecule has 2 aromatic heterocycles. The maximum Gasteiger partial charge on any atom is 0.267 e. The van der Waals surface area contributed by atoms with E-state index >= 15 is 0 Å². The second-order valence-corrected chi connectivity index (χ2v) is 9.29. The molecule has 2 N–H and O–H groups in total. The summed E-state index contributed by atoms with van der Waals surface area (Å²) in [5.41, 5.74) is 4.97. The highest BCUT2D eigenvalue weighted by Crippen LogP contribution is 2.32. The summed E-state index contributed by atoms with van der Waals surface area (Å²) in [5, 5.41) is 0. The zero-order valence-electron chi connectivity index (χ0n) is 18.8. The molecule has 11 heteroatoms. The van der Waals surface area contributed by atoms with Crippen molar-refractivity contribution in [2.45, 2.75) is 45.2 Å². The second kappa shape index (κ2) is 8.36. The van der Waals surface area contributed by atoms with Gasteiger partial charge >= 0.3 is 0 Å². The summed E-state index contributed by atoms with van der Waals surface area (Å²) in [5.74, 6) is 0.998. The van der Waals surface area contributed by atoms with Gasteiger partial charge in [0.2, 0.25) is 11.9 Å². The Balaban J connectivity index is 1.85. The second-order valence-electron chi connectivity index (χ2n) is 9.29. The van der Waals surface area contributed by atoms with Gasteiger partial charge in [-0.05, 0) is 33.8 Å². The van der Waals surface area contributed by atoms with Gasteiger partial charge in [0.1, 0.15) is 5.82 Å². The van der Waals surface area contributed by atoms with Gasteiger partial charge in [-0.3, -0.25) is 0 Å². The molecule has 4 rings (SSSR count). The minimum absolute atomic E-state index is 0.207. The van der Waals surface area contributed by atoms with Crippen LogP contribution >= 0.6 is 0 Å². The Morgan fingerprint density at radius 2 is 1.47 bits per heavy atom. The molecule has 0 bridgehead atoms. The van der Waals surface area contributed by atoms with Crippen LogP contribution in [0.15, 0.2) is 12.3 Å². The lowest BCUT2D eigenvalue weighted by Gasteiger charge is -2.44. The monoisotopic (exact) mass is 449 g/mol. The minimum Gasteiger partial charge on any atom is -0.383 e. The van der Waals surface area contributed by atoms with Crippen LogP contribution in [0.1, 0.15) is 39.7 Å². The van der Waals surface area contributed by atoms with E-state index in [-0.39, 0.29) is 28.3 Å². The van der Waals surface area contributed by atoms with Crippen molar-refractivity contribution in [2.24, 2.45) is 0 Å². The molecule has 0 amide bonds. The number of nitrogens with two attached hydrogens (primary N) is 1. The summed E-state index contributed by atoms with van der Waals surface area (Å²) < 4.78 is 38.2. The molecule has 2 aliphatic heterocycles. The molecule has 2 aromatic rings. The number of nitrogen functional groups attached to an aromatic ring is 1. The van der Waals surface area contributed by atoms with Gasteiger partial charge in [0.15, 0.2) is 5.82 Å². The number of nitrogens with zero attached hydrogens (tertiary/aromatic N) is 6. The highest BCUT2D eigenvalue weighted by molar-refractivity contribution is 5.62. The fourth-order valence-electron chi connectivity index (χ4n) is 3.97.